The quantitative estimate of drug-likeness (QED) is 0.491. The third-order valence-corrected chi connectivity index (χ3v) is 2.50. The van der Waals surface area contributed by atoms with E-state index >= 15 is 0 Å². The van der Waals surface area contributed by atoms with Gasteiger partial charge in [0.1, 0.15) is 12.2 Å². The van der Waals surface area contributed by atoms with Gasteiger partial charge in [-0.3, -0.25) is 4.79 Å². The molecule has 0 aromatic rings. The average molecular weight is 192 g/mol. The second kappa shape index (κ2) is 5.40. The van der Waals surface area contributed by atoms with Crippen molar-refractivity contribution in [2.24, 2.45) is 0 Å². The van der Waals surface area contributed by atoms with Gasteiger partial charge in [0.15, 0.2) is 0 Å². The lowest BCUT2D eigenvalue weighted by atomic mass is 10.2. The van der Waals surface area contributed by atoms with Gasteiger partial charge in [-0.2, -0.15) is 0 Å². The molecule has 0 aliphatic carbocycles. The van der Waals surface area contributed by atoms with Crippen LogP contribution in [0.5, 0.6) is 0 Å². The highest BCUT2D eigenvalue weighted by molar-refractivity contribution is 7.99. The number of aliphatic hydroxyl groups is 1. The van der Waals surface area contributed by atoms with Crippen LogP contribution in [0.15, 0.2) is 0 Å². The highest BCUT2D eigenvalue weighted by Gasteiger charge is 2.29. The Morgan fingerprint density at radius 2 is 2.58 bits per heavy atom. The zero-order valence-electron chi connectivity index (χ0n) is 6.64. The van der Waals surface area contributed by atoms with Gasteiger partial charge < -0.3 is 14.6 Å². The van der Waals surface area contributed by atoms with Crippen LogP contribution in [0.4, 0.5) is 0 Å². The van der Waals surface area contributed by atoms with Crippen molar-refractivity contribution < 1.29 is 19.4 Å². The average Bonchev–Trinajstić information content (AvgIpc) is 2.50. The number of carbonyl (C=O) groups is 1. The van der Waals surface area contributed by atoms with Crippen molar-refractivity contribution in [3.63, 3.8) is 0 Å². The number of hydrogen-bond donors (Lipinski definition) is 1. The number of aliphatic hydroxyl groups excluding tert-OH is 1. The fourth-order valence-corrected chi connectivity index (χ4v) is 1.83. The molecule has 1 N–H and O–H groups in total. The number of hydrogen-bond acceptors (Lipinski definition) is 5. The lowest BCUT2D eigenvalue weighted by molar-refractivity contribution is -0.135. The molecule has 1 saturated heterocycles. The van der Waals surface area contributed by atoms with Crippen LogP contribution in [0.1, 0.15) is 6.42 Å². The van der Waals surface area contributed by atoms with Crippen molar-refractivity contribution in [2.75, 3.05) is 18.3 Å². The Hall–Kier alpha value is -0.260. The maximum atomic E-state index is 10.0. The molecule has 1 fully saturated rings. The van der Waals surface area contributed by atoms with E-state index in [0.29, 0.717) is 18.8 Å². The number of ether oxygens (including phenoxy) is 2. The van der Waals surface area contributed by atoms with Gasteiger partial charge in [-0.15, -0.1) is 11.8 Å². The van der Waals surface area contributed by atoms with Crippen LogP contribution < -0.4 is 0 Å². The summed E-state index contributed by atoms with van der Waals surface area (Å²) < 4.78 is 10.1. The smallest absolute Gasteiger partial charge is 0.293 e. The Labute approximate surface area is 75.2 Å². The van der Waals surface area contributed by atoms with Crippen LogP contribution in [-0.4, -0.2) is 42.1 Å². The fraction of sp³-hybridized carbons (Fsp3) is 0.857. The van der Waals surface area contributed by atoms with Gasteiger partial charge in [0.2, 0.25) is 0 Å². The molecule has 0 radical (unpaired) electrons. The molecule has 1 heterocycles. The van der Waals surface area contributed by atoms with E-state index in [1.54, 1.807) is 0 Å². The third-order valence-electron chi connectivity index (χ3n) is 1.75. The summed E-state index contributed by atoms with van der Waals surface area (Å²) in [5.41, 5.74) is 0. The maximum Gasteiger partial charge on any atom is 0.293 e. The summed E-state index contributed by atoms with van der Waals surface area (Å²) >= 11 is 1.37. The van der Waals surface area contributed by atoms with E-state index in [-0.39, 0.29) is 18.1 Å². The van der Waals surface area contributed by atoms with Gasteiger partial charge in [-0.25, -0.2) is 0 Å². The van der Waals surface area contributed by atoms with Gasteiger partial charge in [0.05, 0.1) is 12.5 Å². The van der Waals surface area contributed by atoms with Crippen molar-refractivity contribution in [3.05, 3.63) is 0 Å². The molecule has 0 aromatic heterocycles. The van der Waals surface area contributed by atoms with Crippen LogP contribution in [0.2, 0.25) is 0 Å². The summed E-state index contributed by atoms with van der Waals surface area (Å²) in [5.74, 6) is 0.753. The van der Waals surface area contributed by atoms with Gasteiger partial charge in [-0.05, 0) is 0 Å². The van der Waals surface area contributed by atoms with E-state index in [4.69, 9.17) is 14.6 Å². The molecule has 0 bridgehead atoms. The van der Waals surface area contributed by atoms with E-state index < -0.39 is 0 Å². The zero-order valence-corrected chi connectivity index (χ0v) is 7.46. The SMILES string of the molecule is O=COC1CCOC1CSCO. The lowest BCUT2D eigenvalue weighted by Gasteiger charge is -2.15. The zero-order chi connectivity index (χ0) is 8.81. The van der Waals surface area contributed by atoms with Crippen molar-refractivity contribution in [2.45, 2.75) is 18.6 Å². The van der Waals surface area contributed by atoms with E-state index in [2.05, 4.69) is 0 Å². The number of thioether (sulfide) groups is 1. The molecule has 0 spiro atoms. The Bertz CT molecular complexity index is 141. The summed E-state index contributed by atoms with van der Waals surface area (Å²) in [6.45, 7) is 1.09. The summed E-state index contributed by atoms with van der Waals surface area (Å²) in [4.78, 5) is 10.0. The van der Waals surface area contributed by atoms with Crippen LogP contribution >= 0.6 is 11.8 Å². The van der Waals surface area contributed by atoms with Crippen molar-refractivity contribution >= 4 is 18.2 Å². The first-order valence-electron chi connectivity index (χ1n) is 3.77. The highest BCUT2D eigenvalue weighted by atomic mass is 32.2. The first-order valence-corrected chi connectivity index (χ1v) is 4.93. The molecule has 1 aliphatic heterocycles. The van der Waals surface area contributed by atoms with Gasteiger partial charge in [-0.1, -0.05) is 0 Å². The lowest BCUT2D eigenvalue weighted by Crippen LogP contribution is -2.26. The maximum absolute atomic E-state index is 10.0. The fourth-order valence-electron chi connectivity index (χ4n) is 1.18. The summed E-state index contributed by atoms with van der Waals surface area (Å²) in [7, 11) is 0. The molecule has 0 amide bonds. The van der Waals surface area contributed by atoms with E-state index in [1.807, 2.05) is 0 Å². The molecule has 1 aliphatic rings. The topological polar surface area (TPSA) is 55.8 Å². The molecule has 2 atom stereocenters. The highest BCUT2D eigenvalue weighted by Crippen LogP contribution is 2.19. The van der Waals surface area contributed by atoms with Crippen LogP contribution in [-0.2, 0) is 14.3 Å². The molecular weight excluding hydrogens is 180 g/mol. The molecule has 12 heavy (non-hydrogen) atoms. The Kier molecular flexibility index (Phi) is 4.42. The predicted octanol–water partition coefficient (Wildman–Crippen LogP) is -0.000100. The summed E-state index contributed by atoms with van der Waals surface area (Å²) in [6, 6.07) is 0. The molecule has 5 heteroatoms. The van der Waals surface area contributed by atoms with E-state index in [1.165, 1.54) is 11.8 Å². The number of carbonyl (C=O) groups excluding carboxylic acids is 1. The largest absolute Gasteiger partial charge is 0.462 e. The van der Waals surface area contributed by atoms with Gasteiger partial charge >= 0.3 is 0 Å². The second-order valence-corrected chi connectivity index (χ2v) is 3.47. The number of rotatable bonds is 5. The molecule has 4 nitrogen and oxygen atoms in total. The van der Waals surface area contributed by atoms with Crippen LogP contribution in [0, 0.1) is 0 Å². The molecule has 0 aromatic carbocycles. The minimum absolute atomic E-state index is 0.0488. The van der Waals surface area contributed by atoms with Crippen molar-refractivity contribution in [1.82, 2.24) is 0 Å². The van der Waals surface area contributed by atoms with E-state index in [9.17, 15) is 4.79 Å². The standard InChI is InChI=1S/C7H12O4S/c8-4-11-6-1-2-10-7(6)3-12-5-9/h4,6-7,9H,1-3,5H2. The Morgan fingerprint density at radius 1 is 1.75 bits per heavy atom. The van der Waals surface area contributed by atoms with Crippen LogP contribution in [0.25, 0.3) is 0 Å². The molecule has 70 valence electrons. The van der Waals surface area contributed by atoms with Crippen LogP contribution in [0.3, 0.4) is 0 Å². The van der Waals surface area contributed by atoms with Crippen molar-refractivity contribution in [1.29, 1.82) is 0 Å². The third kappa shape index (κ3) is 2.66. The summed E-state index contributed by atoms with van der Waals surface area (Å²) in [5, 5.41) is 8.54. The van der Waals surface area contributed by atoms with E-state index in [0.717, 1.165) is 6.42 Å². The first kappa shape index (κ1) is 9.83. The Balaban J connectivity index is 2.25. The first-order chi connectivity index (χ1) is 5.88. The minimum atomic E-state index is -0.124. The molecule has 2 unspecified atom stereocenters. The Morgan fingerprint density at radius 3 is 3.25 bits per heavy atom. The van der Waals surface area contributed by atoms with Gasteiger partial charge in [0.25, 0.3) is 6.47 Å². The molecular formula is C7H12O4S. The monoisotopic (exact) mass is 192 g/mol. The molecule has 1 rings (SSSR count). The summed E-state index contributed by atoms with van der Waals surface area (Å²) in [6.07, 6.45) is 0.587. The molecule has 0 saturated carbocycles. The predicted molar refractivity (Wildman–Crippen MR) is 44.8 cm³/mol. The van der Waals surface area contributed by atoms with Gasteiger partial charge in [0, 0.05) is 12.2 Å². The normalized spacial score (nSPS) is 28.8. The minimum Gasteiger partial charge on any atom is -0.462 e. The second-order valence-electron chi connectivity index (χ2n) is 2.47. The van der Waals surface area contributed by atoms with Crippen molar-refractivity contribution in [3.8, 4) is 0 Å².